The summed E-state index contributed by atoms with van der Waals surface area (Å²) in [5, 5.41) is 13.3. The Labute approximate surface area is 70.3 Å². The molecule has 0 spiro atoms. The molecule has 0 aromatic heterocycles. The van der Waals surface area contributed by atoms with Crippen molar-refractivity contribution in [2.24, 2.45) is 0 Å². The van der Waals surface area contributed by atoms with Gasteiger partial charge in [0, 0.05) is 11.8 Å². The minimum Gasteiger partial charge on any atom is -0.322 e. The largest absolute Gasteiger partial charge is 0.322 e. The van der Waals surface area contributed by atoms with Crippen LogP contribution in [0.2, 0.25) is 0 Å². The van der Waals surface area contributed by atoms with Crippen LogP contribution in [0.4, 0.5) is 5.69 Å². The topological polar surface area (TPSA) is 49.0 Å². The molecule has 61 valence electrons. The van der Waals surface area contributed by atoms with E-state index < -0.39 is 0 Å². The number of benzene rings is 1. The fourth-order valence-electron chi connectivity index (χ4n) is 0.767. The van der Waals surface area contributed by atoms with Crippen molar-refractivity contribution in [3.8, 4) is 5.75 Å². The minimum absolute atomic E-state index is 0.128. The van der Waals surface area contributed by atoms with Gasteiger partial charge in [0.05, 0.1) is 0 Å². The lowest BCUT2D eigenvalue weighted by molar-refractivity contribution is -0.111. The molecule has 0 unspecified atom stereocenters. The molecule has 1 rings (SSSR count). The van der Waals surface area contributed by atoms with Crippen LogP contribution in [-0.4, -0.2) is 5.91 Å². The first-order chi connectivity index (χ1) is 5.72. The van der Waals surface area contributed by atoms with Crippen LogP contribution in [0.3, 0.4) is 0 Å². The maximum Gasteiger partial charge on any atom is 0.247 e. The zero-order valence-corrected chi connectivity index (χ0v) is 6.41. The average Bonchev–Trinajstić information content (AvgIpc) is 2.04. The van der Waals surface area contributed by atoms with E-state index in [0.717, 1.165) is 6.08 Å². The first kappa shape index (κ1) is 8.33. The molecule has 1 aromatic carbocycles. The molecule has 3 nitrogen and oxygen atoms in total. The molecule has 0 fully saturated rings. The smallest absolute Gasteiger partial charge is 0.247 e. The van der Waals surface area contributed by atoms with Gasteiger partial charge in [-0.2, -0.15) is 0 Å². The number of nitrogens with one attached hydrogen (secondary N) is 1. The third kappa shape index (κ3) is 2.12. The van der Waals surface area contributed by atoms with Crippen LogP contribution in [0, 0.1) is 0 Å². The highest BCUT2D eigenvalue weighted by atomic mass is 16.3. The standard InChI is InChI=1S/C9H8NO2/c1-2-9(12)10-7-4-3-5-8(11)6-7/h2-6H,1H2,(H,10,12). The SMILES string of the molecule is C=CC(=O)Nc1cccc([O])c1. The third-order valence-corrected chi connectivity index (χ3v) is 1.29. The molecule has 0 aliphatic heterocycles. The summed E-state index contributed by atoms with van der Waals surface area (Å²) in [6.45, 7) is 3.29. The van der Waals surface area contributed by atoms with Gasteiger partial charge in [0.25, 0.3) is 0 Å². The maximum atomic E-state index is 10.8. The lowest BCUT2D eigenvalue weighted by Gasteiger charge is -1.99. The summed E-state index contributed by atoms with van der Waals surface area (Å²) in [6.07, 6.45) is 1.15. The van der Waals surface area contributed by atoms with Gasteiger partial charge in [0.1, 0.15) is 0 Å². The van der Waals surface area contributed by atoms with Gasteiger partial charge >= 0.3 is 0 Å². The van der Waals surface area contributed by atoms with Crippen LogP contribution >= 0.6 is 0 Å². The van der Waals surface area contributed by atoms with Crippen molar-refractivity contribution in [1.82, 2.24) is 0 Å². The van der Waals surface area contributed by atoms with Crippen LogP contribution in [0.1, 0.15) is 0 Å². The molecule has 1 N–H and O–H groups in total. The highest BCUT2D eigenvalue weighted by Crippen LogP contribution is 2.15. The molecule has 3 heteroatoms. The van der Waals surface area contributed by atoms with E-state index in [0.29, 0.717) is 5.69 Å². The summed E-state index contributed by atoms with van der Waals surface area (Å²) in [5.41, 5.74) is 0.493. The van der Waals surface area contributed by atoms with Crippen molar-refractivity contribution >= 4 is 11.6 Å². The van der Waals surface area contributed by atoms with Gasteiger partial charge in [-0.1, -0.05) is 12.6 Å². The van der Waals surface area contributed by atoms with E-state index >= 15 is 0 Å². The molecule has 0 saturated carbocycles. The van der Waals surface area contributed by atoms with E-state index in [1.807, 2.05) is 0 Å². The van der Waals surface area contributed by atoms with Crippen molar-refractivity contribution in [1.29, 1.82) is 0 Å². The van der Waals surface area contributed by atoms with Crippen LogP contribution in [0.15, 0.2) is 36.9 Å². The van der Waals surface area contributed by atoms with E-state index in [-0.39, 0.29) is 11.7 Å². The van der Waals surface area contributed by atoms with Crippen LogP contribution in [0.5, 0.6) is 5.75 Å². The summed E-state index contributed by atoms with van der Waals surface area (Å²) in [4.78, 5) is 10.8. The van der Waals surface area contributed by atoms with Gasteiger partial charge in [-0.25, -0.2) is 0 Å². The van der Waals surface area contributed by atoms with E-state index in [2.05, 4.69) is 11.9 Å². The van der Waals surface area contributed by atoms with E-state index in [4.69, 9.17) is 0 Å². The molecule has 1 amide bonds. The highest BCUT2D eigenvalue weighted by molar-refractivity contribution is 5.98. The van der Waals surface area contributed by atoms with Crippen molar-refractivity contribution in [3.05, 3.63) is 36.9 Å². The average molecular weight is 162 g/mol. The number of anilines is 1. The Kier molecular flexibility index (Phi) is 2.48. The monoisotopic (exact) mass is 162 g/mol. The second-order valence-corrected chi connectivity index (χ2v) is 2.22. The lowest BCUT2D eigenvalue weighted by Crippen LogP contribution is -2.06. The maximum absolute atomic E-state index is 10.8. The van der Waals surface area contributed by atoms with Crippen LogP contribution in [0.25, 0.3) is 0 Å². The molecule has 1 aromatic rings. The van der Waals surface area contributed by atoms with Gasteiger partial charge in [0.15, 0.2) is 5.75 Å². The fourth-order valence-corrected chi connectivity index (χ4v) is 0.767. The van der Waals surface area contributed by atoms with Gasteiger partial charge in [-0.15, -0.1) is 0 Å². The van der Waals surface area contributed by atoms with Gasteiger partial charge < -0.3 is 5.32 Å². The van der Waals surface area contributed by atoms with Crippen molar-refractivity contribution in [2.45, 2.75) is 0 Å². The first-order valence-corrected chi connectivity index (χ1v) is 3.43. The first-order valence-electron chi connectivity index (χ1n) is 3.43. The fraction of sp³-hybridized carbons (Fsp3) is 0. The van der Waals surface area contributed by atoms with Crippen molar-refractivity contribution in [2.75, 3.05) is 5.32 Å². The van der Waals surface area contributed by atoms with E-state index in [1.165, 1.54) is 12.1 Å². The lowest BCUT2D eigenvalue weighted by atomic mass is 10.3. The zero-order valence-electron chi connectivity index (χ0n) is 6.41. The number of rotatable bonds is 2. The Morgan fingerprint density at radius 3 is 2.83 bits per heavy atom. The summed E-state index contributed by atoms with van der Waals surface area (Å²) < 4.78 is 0. The molecule has 1 radical (unpaired) electrons. The van der Waals surface area contributed by atoms with Crippen LogP contribution < -0.4 is 5.32 Å². The van der Waals surface area contributed by atoms with Gasteiger partial charge in [-0.05, 0) is 18.2 Å². The minimum atomic E-state index is -0.319. The second kappa shape index (κ2) is 3.57. The number of hydrogen-bond acceptors (Lipinski definition) is 1. The highest BCUT2D eigenvalue weighted by Gasteiger charge is 1.97. The molecular weight excluding hydrogens is 154 g/mol. The number of carbonyl (C=O) groups excluding carboxylic acids is 1. The molecule has 0 saturated heterocycles. The Morgan fingerprint density at radius 1 is 1.50 bits per heavy atom. The predicted molar refractivity (Wildman–Crippen MR) is 45.4 cm³/mol. The Hall–Kier alpha value is -1.77. The number of hydrogen-bond donors (Lipinski definition) is 1. The predicted octanol–water partition coefficient (Wildman–Crippen LogP) is 1.95. The Bertz CT molecular complexity index is 307. The van der Waals surface area contributed by atoms with Crippen molar-refractivity contribution < 1.29 is 9.90 Å². The summed E-state index contributed by atoms with van der Waals surface area (Å²) in [7, 11) is 0. The molecular formula is C9H8NO2. The van der Waals surface area contributed by atoms with E-state index in [9.17, 15) is 9.90 Å². The Balaban J connectivity index is 2.76. The quantitative estimate of drug-likeness (QED) is 0.664. The molecule has 0 atom stereocenters. The molecule has 0 heterocycles. The van der Waals surface area contributed by atoms with Crippen LogP contribution in [-0.2, 0) is 9.90 Å². The summed E-state index contributed by atoms with van der Waals surface area (Å²) >= 11 is 0. The second-order valence-electron chi connectivity index (χ2n) is 2.22. The molecule has 0 bridgehead atoms. The summed E-state index contributed by atoms with van der Waals surface area (Å²) in [5.74, 6) is -0.447. The normalized spacial score (nSPS) is 9.00. The third-order valence-electron chi connectivity index (χ3n) is 1.29. The number of carbonyl (C=O) groups is 1. The van der Waals surface area contributed by atoms with E-state index in [1.54, 1.807) is 12.1 Å². The molecule has 0 aliphatic rings. The van der Waals surface area contributed by atoms with Gasteiger partial charge in [-0.3, -0.25) is 9.90 Å². The molecule has 12 heavy (non-hydrogen) atoms. The van der Waals surface area contributed by atoms with Crippen molar-refractivity contribution in [3.63, 3.8) is 0 Å². The molecule has 0 aliphatic carbocycles. The Morgan fingerprint density at radius 2 is 2.25 bits per heavy atom. The number of amides is 1. The zero-order chi connectivity index (χ0) is 8.97. The summed E-state index contributed by atoms with van der Waals surface area (Å²) in [6, 6.07) is 5.99. The van der Waals surface area contributed by atoms with Gasteiger partial charge in [0.2, 0.25) is 5.91 Å².